The van der Waals surface area contributed by atoms with Crippen LogP contribution in [0.15, 0.2) is 16.9 Å². The zero-order valence-electron chi connectivity index (χ0n) is 21.9. The van der Waals surface area contributed by atoms with Crippen LogP contribution in [-0.4, -0.2) is 54.3 Å². The molecule has 1 fully saturated rings. The van der Waals surface area contributed by atoms with Gasteiger partial charge in [0.1, 0.15) is 12.7 Å². The number of hydrogen-bond donors (Lipinski definition) is 2. The third kappa shape index (κ3) is 6.29. The van der Waals surface area contributed by atoms with E-state index >= 15 is 0 Å². The fourth-order valence-electron chi connectivity index (χ4n) is 5.49. The zero-order valence-corrected chi connectivity index (χ0v) is 22.7. The number of amides is 1. The highest BCUT2D eigenvalue weighted by molar-refractivity contribution is 6.32. The number of benzene rings is 1. The second kappa shape index (κ2) is 11.2. The lowest BCUT2D eigenvalue weighted by atomic mass is 9.82. The van der Waals surface area contributed by atoms with Crippen LogP contribution in [0.5, 0.6) is 11.5 Å². The van der Waals surface area contributed by atoms with Crippen molar-refractivity contribution < 1.29 is 27.4 Å². The molecule has 1 aromatic heterocycles. The number of aromatic nitrogens is 1. The highest BCUT2D eigenvalue weighted by Gasteiger charge is 2.38. The van der Waals surface area contributed by atoms with Crippen molar-refractivity contribution in [1.29, 1.82) is 0 Å². The molecule has 1 saturated carbocycles. The Kier molecular flexibility index (Phi) is 8.32. The molecule has 4 rings (SSSR count). The van der Waals surface area contributed by atoms with Crippen molar-refractivity contribution in [2.75, 3.05) is 20.2 Å². The fraction of sp³-hybridized carbons (Fsp3) is 0.556. The van der Waals surface area contributed by atoms with E-state index in [-0.39, 0.29) is 41.8 Å². The number of aromatic amines is 1. The first-order valence-corrected chi connectivity index (χ1v) is 13.1. The lowest BCUT2D eigenvalue weighted by Crippen LogP contribution is -2.44. The van der Waals surface area contributed by atoms with Crippen molar-refractivity contribution in [3.8, 4) is 11.5 Å². The minimum atomic E-state index is -4.22. The lowest BCUT2D eigenvalue weighted by Gasteiger charge is -2.39. The molecule has 2 aliphatic rings. The number of carbonyl (C=O) groups is 1. The van der Waals surface area contributed by atoms with Crippen molar-refractivity contribution in [2.45, 2.75) is 71.3 Å². The molecule has 0 spiro atoms. The van der Waals surface area contributed by atoms with E-state index < -0.39 is 18.6 Å². The molecule has 1 atom stereocenters. The fourth-order valence-corrected chi connectivity index (χ4v) is 5.74. The monoisotopic (exact) mass is 555 g/mol. The number of alkyl halides is 3. The number of rotatable bonds is 6. The van der Waals surface area contributed by atoms with Crippen LogP contribution >= 0.6 is 11.6 Å². The van der Waals surface area contributed by atoms with Crippen LogP contribution in [0.3, 0.4) is 0 Å². The number of hydrogen-bond acceptors (Lipinski definition) is 5. The molecular weight excluding hydrogens is 523 g/mol. The molecule has 0 radical (unpaired) electrons. The molecular formula is C27H33ClF3N3O4. The van der Waals surface area contributed by atoms with E-state index in [2.05, 4.69) is 10.3 Å². The van der Waals surface area contributed by atoms with Gasteiger partial charge in [0.05, 0.1) is 11.6 Å². The molecule has 1 amide bonds. The molecule has 0 saturated heterocycles. The van der Waals surface area contributed by atoms with E-state index in [0.29, 0.717) is 53.9 Å². The molecule has 1 aliphatic heterocycles. The van der Waals surface area contributed by atoms with Gasteiger partial charge < -0.3 is 19.8 Å². The first-order chi connectivity index (χ1) is 17.8. The van der Waals surface area contributed by atoms with Gasteiger partial charge in [0.25, 0.3) is 11.5 Å². The van der Waals surface area contributed by atoms with Gasteiger partial charge in [-0.1, -0.05) is 11.6 Å². The number of pyridine rings is 1. The summed E-state index contributed by atoms with van der Waals surface area (Å²) >= 11 is 6.45. The average molecular weight is 556 g/mol. The first kappa shape index (κ1) is 28.3. The molecule has 7 nitrogen and oxygen atoms in total. The standard InChI is InChI=1S/C27H33ClF3N3O4/c1-14-9-15(2)33-26(36)20(14)11-32-25(35)19-10-21(28)24-23(16(19)3)38-22(12-37-24)17-5-7-18(8-6-17)34(4)13-27(29,30)31/h9-10,17-18,22H,5-8,11-13H2,1-4H3,(H,32,35)(H,33,36). The predicted octanol–water partition coefficient (Wildman–Crippen LogP) is 5.08. The van der Waals surface area contributed by atoms with Crippen molar-refractivity contribution in [3.63, 3.8) is 0 Å². The summed E-state index contributed by atoms with van der Waals surface area (Å²) in [6, 6.07) is 3.25. The van der Waals surface area contributed by atoms with Gasteiger partial charge >= 0.3 is 6.18 Å². The van der Waals surface area contributed by atoms with Crippen LogP contribution in [0.25, 0.3) is 0 Å². The quantitative estimate of drug-likeness (QED) is 0.520. The van der Waals surface area contributed by atoms with Crippen LogP contribution < -0.4 is 20.3 Å². The zero-order chi connectivity index (χ0) is 27.8. The number of ether oxygens (including phenoxy) is 2. The maximum absolute atomic E-state index is 13.1. The number of halogens is 4. The first-order valence-electron chi connectivity index (χ1n) is 12.7. The van der Waals surface area contributed by atoms with E-state index in [9.17, 15) is 22.8 Å². The van der Waals surface area contributed by atoms with Crippen molar-refractivity contribution in [2.24, 2.45) is 5.92 Å². The molecule has 1 aromatic carbocycles. The lowest BCUT2D eigenvalue weighted by molar-refractivity contribution is -0.149. The normalized spacial score (nSPS) is 21.4. The van der Waals surface area contributed by atoms with E-state index in [0.717, 1.165) is 11.3 Å². The van der Waals surface area contributed by atoms with Crippen LogP contribution in [0, 0.1) is 26.7 Å². The number of H-pyrrole nitrogens is 1. The van der Waals surface area contributed by atoms with Gasteiger partial charge in [0.2, 0.25) is 0 Å². The van der Waals surface area contributed by atoms with Gasteiger partial charge in [-0.2, -0.15) is 13.2 Å². The minimum Gasteiger partial charge on any atom is -0.484 e. The Hall–Kier alpha value is -2.72. The Balaban J connectivity index is 1.44. The Morgan fingerprint density at radius 1 is 1.16 bits per heavy atom. The van der Waals surface area contributed by atoms with E-state index in [1.807, 2.05) is 13.0 Å². The number of nitrogens with zero attached hydrogens (tertiary/aromatic N) is 1. The summed E-state index contributed by atoms with van der Waals surface area (Å²) in [5, 5.41) is 3.04. The summed E-state index contributed by atoms with van der Waals surface area (Å²) in [4.78, 5) is 29.5. The van der Waals surface area contributed by atoms with Gasteiger partial charge in [-0.3, -0.25) is 14.5 Å². The Morgan fingerprint density at radius 2 is 1.84 bits per heavy atom. The van der Waals surface area contributed by atoms with Gasteiger partial charge in [0, 0.05) is 35.0 Å². The molecule has 11 heteroatoms. The number of fused-ring (bicyclic) bond motifs is 1. The predicted molar refractivity (Wildman–Crippen MR) is 138 cm³/mol. The van der Waals surface area contributed by atoms with E-state index in [1.165, 1.54) is 18.0 Å². The molecule has 38 heavy (non-hydrogen) atoms. The third-order valence-electron chi connectivity index (χ3n) is 7.58. The van der Waals surface area contributed by atoms with E-state index in [1.54, 1.807) is 13.8 Å². The molecule has 2 N–H and O–H groups in total. The molecule has 1 unspecified atom stereocenters. The third-order valence-corrected chi connectivity index (χ3v) is 7.86. The largest absolute Gasteiger partial charge is 0.484 e. The summed E-state index contributed by atoms with van der Waals surface area (Å²) < 4.78 is 50.6. The van der Waals surface area contributed by atoms with Gasteiger partial charge in [-0.05, 0) is 77.1 Å². The Labute approximate surface area is 224 Å². The Bertz CT molecular complexity index is 1260. The average Bonchev–Trinajstić information content (AvgIpc) is 2.84. The summed E-state index contributed by atoms with van der Waals surface area (Å²) in [6.07, 6.45) is -1.79. The van der Waals surface area contributed by atoms with Gasteiger partial charge in [-0.15, -0.1) is 0 Å². The molecule has 0 bridgehead atoms. The number of nitrogens with one attached hydrogen (secondary N) is 2. The summed E-state index contributed by atoms with van der Waals surface area (Å²) in [5.41, 5.74) is 2.64. The van der Waals surface area contributed by atoms with Crippen molar-refractivity contribution in [3.05, 3.63) is 55.5 Å². The van der Waals surface area contributed by atoms with Crippen LogP contribution in [0.1, 0.15) is 58.4 Å². The second-order valence-corrected chi connectivity index (χ2v) is 10.8. The van der Waals surface area contributed by atoms with Crippen LogP contribution in [0.4, 0.5) is 13.2 Å². The van der Waals surface area contributed by atoms with Gasteiger partial charge in [-0.25, -0.2) is 0 Å². The molecule has 2 heterocycles. The van der Waals surface area contributed by atoms with Crippen molar-refractivity contribution >= 4 is 17.5 Å². The van der Waals surface area contributed by atoms with Gasteiger partial charge in [0.15, 0.2) is 11.5 Å². The minimum absolute atomic E-state index is 0.0560. The van der Waals surface area contributed by atoms with Crippen molar-refractivity contribution in [1.82, 2.24) is 15.2 Å². The Morgan fingerprint density at radius 3 is 2.47 bits per heavy atom. The molecule has 2 aromatic rings. The molecule has 208 valence electrons. The van der Waals surface area contributed by atoms with Crippen LogP contribution in [0.2, 0.25) is 5.02 Å². The second-order valence-electron chi connectivity index (χ2n) is 10.4. The number of aryl methyl sites for hydroxylation is 2. The van der Waals surface area contributed by atoms with Crippen LogP contribution in [-0.2, 0) is 6.54 Å². The summed E-state index contributed by atoms with van der Waals surface area (Å²) in [7, 11) is 1.52. The SMILES string of the molecule is Cc1cc(C)c(CNC(=O)c2cc(Cl)c3c(c2C)OC(C2CCC(N(C)CC(F)(F)F)CC2)CO3)c(=O)[nH]1. The number of carbonyl (C=O) groups excluding carboxylic acids is 1. The van der Waals surface area contributed by atoms with E-state index in [4.69, 9.17) is 21.1 Å². The highest BCUT2D eigenvalue weighted by Crippen LogP contribution is 2.45. The summed E-state index contributed by atoms with van der Waals surface area (Å²) in [6.45, 7) is 4.78. The smallest absolute Gasteiger partial charge is 0.401 e. The maximum Gasteiger partial charge on any atom is 0.401 e. The molecule has 1 aliphatic carbocycles. The highest BCUT2D eigenvalue weighted by atomic mass is 35.5. The maximum atomic E-state index is 13.1. The summed E-state index contributed by atoms with van der Waals surface area (Å²) in [5.74, 6) is 0.497. The topological polar surface area (TPSA) is 83.7 Å².